The molecule has 0 aliphatic carbocycles. The van der Waals surface area contributed by atoms with Gasteiger partial charge in [0, 0.05) is 5.54 Å². The number of aromatic nitrogens is 2. The van der Waals surface area contributed by atoms with Crippen molar-refractivity contribution in [1.29, 1.82) is 0 Å². The quantitative estimate of drug-likeness (QED) is 0.785. The van der Waals surface area contributed by atoms with Crippen molar-refractivity contribution in [3.63, 3.8) is 0 Å². The maximum atomic E-state index is 6.04. The molecule has 3 nitrogen and oxygen atoms in total. The lowest BCUT2D eigenvalue weighted by Crippen LogP contribution is -2.39. The third-order valence-corrected chi connectivity index (χ3v) is 2.79. The van der Waals surface area contributed by atoms with Gasteiger partial charge in [-0.25, -0.2) is 0 Å². The maximum absolute atomic E-state index is 6.04. The van der Waals surface area contributed by atoms with Crippen LogP contribution in [0.15, 0.2) is 12.1 Å². The molecule has 0 saturated heterocycles. The van der Waals surface area contributed by atoms with E-state index >= 15 is 0 Å². The van der Waals surface area contributed by atoms with E-state index < -0.39 is 0 Å². The van der Waals surface area contributed by atoms with Crippen LogP contribution in [0.1, 0.15) is 26.5 Å². The van der Waals surface area contributed by atoms with Gasteiger partial charge in [-0.2, -0.15) is 5.10 Å². The zero-order valence-corrected chi connectivity index (χ0v) is 9.76. The number of hydrogen-bond donors (Lipinski definition) is 1. The van der Waals surface area contributed by atoms with E-state index in [0.29, 0.717) is 0 Å². The van der Waals surface area contributed by atoms with Crippen molar-refractivity contribution in [3.05, 3.63) is 17.8 Å². The Morgan fingerprint density at radius 1 is 1.36 bits per heavy atom. The van der Waals surface area contributed by atoms with Gasteiger partial charge in [-0.1, -0.05) is 0 Å². The van der Waals surface area contributed by atoms with Crippen molar-refractivity contribution < 1.29 is 0 Å². The molecule has 1 heterocycles. The first-order valence-corrected chi connectivity index (χ1v) is 5.08. The van der Waals surface area contributed by atoms with E-state index in [1.807, 2.05) is 39.8 Å². The van der Waals surface area contributed by atoms with Gasteiger partial charge in [-0.3, -0.25) is 0 Å². The van der Waals surface area contributed by atoms with Gasteiger partial charge in [-0.15, -0.1) is 16.7 Å². The molecule has 1 aromatic rings. The topological polar surface area (TPSA) is 37.8 Å². The molecule has 0 aromatic carbocycles. The van der Waals surface area contributed by atoms with Crippen LogP contribution in [0.5, 0.6) is 0 Å². The Kier molecular flexibility index (Phi) is 3.32. The SMILES string of the molecule is Cc1ccc(NC(C)(C)C(C)Cl)nn1. The molecule has 1 N–H and O–H groups in total. The molecule has 1 rings (SSSR count). The molecule has 0 aliphatic heterocycles. The number of anilines is 1. The molecule has 78 valence electrons. The fourth-order valence-electron chi connectivity index (χ4n) is 0.895. The standard InChI is InChI=1S/C10H16ClN3/c1-7-5-6-9(14-13-7)12-10(3,4)8(2)11/h5-6,8H,1-4H3,(H,12,14). The molecule has 0 fully saturated rings. The highest BCUT2D eigenvalue weighted by Gasteiger charge is 2.24. The Bertz CT molecular complexity index is 293. The van der Waals surface area contributed by atoms with Crippen LogP contribution >= 0.6 is 11.6 Å². The number of alkyl halides is 1. The van der Waals surface area contributed by atoms with Crippen molar-refractivity contribution in [2.75, 3.05) is 5.32 Å². The van der Waals surface area contributed by atoms with Gasteiger partial charge >= 0.3 is 0 Å². The summed E-state index contributed by atoms with van der Waals surface area (Å²) < 4.78 is 0. The fraction of sp³-hybridized carbons (Fsp3) is 0.600. The summed E-state index contributed by atoms with van der Waals surface area (Å²) in [5.74, 6) is 0.758. The summed E-state index contributed by atoms with van der Waals surface area (Å²) in [6.45, 7) is 7.93. The van der Waals surface area contributed by atoms with Crippen LogP contribution in [0.25, 0.3) is 0 Å². The summed E-state index contributed by atoms with van der Waals surface area (Å²) in [5.41, 5.74) is 0.721. The summed E-state index contributed by atoms with van der Waals surface area (Å²) in [7, 11) is 0. The lowest BCUT2D eigenvalue weighted by molar-refractivity contribution is 0.551. The van der Waals surface area contributed by atoms with Gasteiger partial charge in [0.2, 0.25) is 0 Å². The lowest BCUT2D eigenvalue weighted by Gasteiger charge is -2.29. The summed E-state index contributed by atoms with van der Waals surface area (Å²) >= 11 is 6.04. The molecule has 0 radical (unpaired) electrons. The number of hydrogen-bond acceptors (Lipinski definition) is 3. The predicted octanol–water partition coefficient (Wildman–Crippen LogP) is 2.60. The monoisotopic (exact) mass is 213 g/mol. The van der Waals surface area contributed by atoms with E-state index in [1.165, 1.54) is 0 Å². The number of nitrogens with one attached hydrogen (secondary N) is 1. The molecule has 0 spiro atoms. The molecular weight excluding hydrogens is 198 g/mol. The molecule has 14 heavy (non-hydrogen) atoms. The number of aryl methyl sites for hydroxylation is 1. The van der Waals surface area contributed by atoms with E-state index in [1.54, 1.807) is 0 Å². The van der Waals surface area contributed by atoms with Gasteiger partial charge in [0.25, 0.3) is 0 Å². The zero-order valence-electron chi connectivity index (χ0n) is 9.00. The Morgan fingerprint density at radius 3 is 2.43 bits per heavy atom. The molecule has 1 atom stereocenters. The van der Waals surface area contributed by atoms with E-state index in [0.717, 1.165) is 11.5 Å². The van der Waals surface area contributed by atoms with Crippen LogP contribution in [0.4, 0.5) is 5.82 Å². The van der Waals surface area contributed by atoms with E-state index in [4.69, 9.17) is 11.6 Å². The molecule has 0 bridgehead atoms. The van der Waals surface area contributed by atoms with Gasteiger partial charge in [-0.05, 0) is 39.8 Å². The number of halogens is 1. The van der Waals surface area contributed by atoms with Gasteiger partial charge in [0.1, 0.15) is 5.82 Å². The minimum Gasteiger partial charge on any atom is -0.362 e. The first-order valence-electron chi connectivity index (χ1n) is 4.64. The Morgan fingerprint density at radius 2 is 2.00 bits per heavy atom. The molecule has 1 unspecified atom stereocenters. The van der Waals surface area contributed by atoms with E-state index in [-0.39, 0.29) is 10.9 Å². The number of nitrogens with zero attached hydrogens (tertiary/aromatic N) is 2. The molecule has 0 saturated carbocycles. The first-order chi connectivity index (χ1) is 6.42. The van der Waals surface area contributed by atoms with Crippen molar-refractivity contribution in [3.8, 4) is 0 Å². The van der Waals surface area contributed by atoms with Crippen molar-refractivity contribution in [1.82, 2.24) is 10.2 Å². The summed E-state index contributed by atoms with van der Waals surface area (Å²) in [6, 6.07) is 3.83. The summed E-state index contributed by atoms with van der Waals surface area (Å²) in [6.07, 6.45) is 0. The lowest BCUT2D eigenvalue weighted by atomic mass is 10.0. The van der Waals surface area contributed by atoms with E-state index in [9.17, 15) is 0 Å². The Hall–Kier alpha value is -0.830. The van der Waals surface area contributed by atoms with Crippen LogP contribution in [0.3, 0.4) is 0 Å². The molecule has 0 aliphatic rings. The normalized spacial score (nSPS) is 13.8. The molecule has 4 heteroatoms. The van der Waals surface area contributed by atoms with Gasteiger partial charge < -0.3 is 5.32 Å². The fourth-order valence-corrected chi connectivity index (χ4v) is 0.950. The minimum atomic E-state index is -0.189. The Balaban J connectivity index is 2.74. The molecule has 1 aromatic heterocycles. The van der Waals surface area contributed by atoms with Crippen LogP contribution in [0, 0.1) is 6.92 Å². The second-order valence-electron chi connectivity index (χ2n) is 4.02. The maximum Gasteiger partial charge on any atom is 0.149 e. The van der Waals surface area contributed by atoms with Crippen molar-refractivity contribution in [2.45, 2.75) is 38.6 Å². The van der Waals surface area contributed by atoms with Crippen LogP contribution in [-0.2, 0) is 0 Å². The van der Waals surface area contributed by atoms with Crippen LogP contribution < -0.4 is 5.32 Å². The van der Waals surface area contributed by atoms with Crippen LogP contribution in [-0.4, -0.2) is 21.1 Å². The summed E-state index contributed by atoms with van der Waals surface area (Å²) in [5, 5.41) is 11.3. The van der Waals surface area contributed by atoms with Gasteiger partial charge in [0.15, 0.2) is 0 Å². The third kappa shape index (κ3) is 2.84. The highest BCUT2D eigenvalue weighted by Crippen LogP contribution is 2.19. The van der Waals surface area contributed by atoms with Crippen molar-refractivity contribution in [2.24, 2.45) is 0 Å². The highest BCUT2D eigenvalue weighted by atomic mass is 35.5. The van der Waals surface area contributed by atoms with Crippen molar-refractivity contribution >= 4 is 17.4 Å². The first kappa shape index (κ1) is 11.2. The average Bonchev–Trinajstić information content (AvgIpc) is 2.08. The summed E-state index contributed by atoms with van der Waals surface area (Å²) in [4.78, 5) is 0. The minimum absolute atomic E-state index is 0.0191. The second kappa shape index (κ2) is 4.13. The molecular formula is C10H16ClN3. The largest absolute Gasteiger partial charge is 0.362 e. The third-order valence-electron chi connectivity index (χ3n) is 2.24. The zero-order chi connectivity index (χ0) is 10.8. The Labute approximate surface area is 89.9 Å². The van der Waals surface area contributed by atoms with E-state index in [2.05, 4.69) is 15.5 Å². The average molecular weight is 214 g/mol. The predicted molar refractivity (Wildman–Crippen MR) is 59.8 cm³/mol. The highest BCUT2D eigenvalue weighted by molar-refractivity contribution is 6.21. The number of rotatable bonds is 3. The van der Waals surface area contributed by atoms with Crippen LogP contribution in [0.2, 0.25) is 0 Å². The van der Waals surface area contributed by atoms with Gasteiger partial charge in [0.05, 0.1) is 11.1 Å². The smallest absolute Gasteiger partial charge is 0.149 e. The second-order valence-corrected chi connectivity index (χ2v) is 4.68. The molecule has 0 amide bonds.